The third kappa shape index (κ3) is 4.31. The molecule has 0 spiro atoms. The normalized spacial score (nSPS) is 18.6. The van der Waals surface area contributed by atoms with E-state index in [9.17, 15) is 10.2 Å². The second kappa shape index (κ2) is 6.21. The smallest absolute Gasteiger partial charge is 0.115 e. The van der Waals surface area contributed by atoms with Gasteiger partial charge in [0.2, 0.25) is 0 Å². The highest BCUT2D eigenvalue weighted by Crippen LogP contribution is 2.32. The van der Waals surface area contributed by atoms with Crippen LogP contribution >= 0.6 is 0 Å². The summed E-state index contributed by atoms with van der Waals surface area (Å²) in [4.78, 5) is 0. The molecule has 0 saturated heterocycles. The first-order chi connectivity index (χ1) is 8.65. The molecule has 0 bridgehead atoms. The predicted molar refractivity (Wildman–Crippen MR) is 72.6 cm³/mol. The van der Waals surface area contributed by atoms with Crippen LogP contribution in [-0.2, 0) is 6.42 Å². The van der Waals surface area contributed by atoms with Crippen molar-refractivity contribution in [2.24, 2.45) is 5.92 Å². The minimum Gasteiger partial charge on any atom is -0.508 e. The fourth-order valence-electron chi connectivity index (χ4n) is 2.12. The van der Waals surface area contributed by atoms with Gasteiger partial charge in [0.1, 0.15) is 5.75 Å². The van der Waals surface area contributed by atoms with Crippen LogP contribution in [0.25, 0.3) is 0 Å². The van der Waals surface area contributed by atoms with Crippen LogP contribution in [0.2, 0.25) is 0 Å². The molecule has 1 aromatic rings. The maximum atomic E-state index is 9.76. The number of phenolic OH excluding ortho intramolecular Hbond substituents is 1. The highest BCUT2D eigenvalue weighted by Gasteiger charge is 2.29. The van der Waals surface area contributed by atoms with Gasteiger partial charge in [-0.15, -0.1) is 0 Å². The van der Waals surface area contributed by atoms with Gasteiger partial charge in [-0.1, -0.05) is 12.1 Å². The third-order valence-electron chi connectivity index (χ3n) is 3.64. The zero-order chi connectivity index (χ0) is 13.0. The summed E-state index contributed by atoms with van der Waals surface area (Å²) in [6.07, 6.45) is 4.24. The van der Waals surface area contributed by atoms with Crippen LogP contribution in [0.4, 0.5) is 0 Å². The topological polar surface area (TPSA) is 52.5 Å². The lowest BCUT2D eigenvalue weighted by Gasteiger charge is -2.16. The van der Waals surface area contributed by atoms with Gasteiger partial charge in [0.05, 0.1) is 6.10 Å². The van der Waals surface area contributed by atoms with Crippen molar-refractivity contribution in [2.45, 2.75) is 44.8 Å². The van der Waals surface area contributed by atoms with Crippen LogP contribution in [0, 0.1) is 5.92 Å². The van der Waals surface area contributed by atoms with Crippen LogP contribution in [0.5, 0.6) is 5.75 Å². The molecule has 18 heavy (non-hydrogen) atoms. The molecule has 3 N–H and O–H groups in total. The summed E-state index contributed by atoms with van der Waals surface area (Å²) >= 11 is 0. The quantitative estimate of drug-likeness (QED) is 0.693. The molecule has 0 aliphatic heterocycles. The molecule has 1 aliphatic carbocycles. The molecule has 2 rings (SSSR count). The van der Waals surface area contributed by atoms with E-state index in [1.54, 1.807) is 12.1 Å². The van der Waals surface area contributed by atoms with Gasteiger partial charge >= 0.3 is 0 Å². The Morgan fingerprint density at radius 2 is 1.94 bits per heavy atom. The molecule has 100 valence electrons. The molecule has 3 nitrogen and oxygen atoms in total. The first-order valence-corrected chi connectivity index (χ1v) is 6.84. The van der Waals surface area contributed by atoms with Gasteiger partial charge in [0, 0.05) is 12.6 Å². The van der Waals surface area contributed by atoms with E-state index in [0.717, 1.165) is 12.8 Å². The molecule has 1 saturated carbocycles. The van der Waals surface area contributed by atoms with Crippen molar-refractivity contribution >= 4 is 0 Å². The van der Waals surface area contributed by atoms with Gasteiger partial charge in [-0.05, 0) is 56.2 Å². The summed E-state index contributed by atoms with van der Waals surface area (Å²) in [6.45, 7) is 2.86. The molecular weight excluding hydrogens is 226 g/mol. The molecule has 3 heteroatoms. The Bertz CT molecular complexity index is 359. The Hall–Kier alpha value is -1.06. The summed E-state index contributed by atoms with van der Waals surface area (Å²) in [6, 6.07) is 7.78. The van der Waals surface area contributed by atoms with Crippen molar-refractivity contribution in [3.8, 4) is 5.75 Å². The summed E-state index contributed by atoms with van der Waals surface area (Å²) in [5.74, 6) is 0.860. The van der Waals surface area contributed by atoms with Gasteiger partial charge < -0.3 is 15.5 Å². The Morgan fingerprint density at radius 1 is 1.28 bits per heavy atom. The molecular formula is C15H23NO2. The Balaban J connectivity index is 1.64. The van der Waals surface area contributed by atoms with Crippen molar-refractivity contribution in [3.05, 3.63) is 29.8 Å². The Labute approximate surface area is 109 Å². The SMILES string of the molecule is CC(CCc1ccc(O)cc1)NCC(O)C1CC1. The van der Waals surface area contributed by atoms with E-state index in [1.807, 2.05) is 12.1 Å². The van der Waals surface area contributed by atoms with Gasteiger partial charge in [0.25, 0.3) is 0 Å². The van der Waals surface area contributed by atoms with Crippen molar-refractivity contribution in [2.75, 3.05) is 6.54 Å². The number of aromatic hydroxyl groups is 1. The van der Waals surface area contributed by atoms with E-state index in [1.165, 1.54) is 18.4 Å². The lowest BCUT2D eigenvalue weighted by atomic mass is 10.1. The summed E-state index contributed by atoms with van der Waals surface area (Å²) < 4.78 is 0. The van der Waals surface area contributed by atoms with Crippen LogP contribution in [0.15, 0.2) is 24.3 Å². The van der Waals surface area contributed by atoms with Crippen LogP contribution in [0.1, 0.15) is 31.7 Å². The molecule has 0 heterocycles. The number of hydrogen-bond donors (Lipinski definition) is 3. The number of phenols is 1. The second-order valence-electron chi connectivity index (χ2n) is 5.42. The molecule has 0 amide bonds. The molecule has 1 aliphatic rings. The van der Waals surface area contributed by atoms with E-state index in [4.69, 9.17) is 0 Å². The zero-order valence-electron chi connectivity index (χ0n) is 11.0. The van der Waals surface area contributed by atoms with Gasteiger partial charge in [0.15, 0.2) is 0 Å². The second-order valence-corrected chi connectivity index (χ2v) is 5.42. The van der Waals surface area contributed by atoms with E-state index in [2.05, 4.69) is 12.2 Å². The van der Waals surface area contributed by atoms with Crippen LogP contribution < -0.4 is 5.32 Å². The molecule has 0 radical (unpaired) electrons. The largest absolute Gasteiger partial charge is 0.508 e. The number of hydrogen-bond acceptors (Lipinski definition) is 3. The zero-order valence-corrected chi connectivity index (χ0v) is 11.0. The molecule has 2 atom stereocenters. The maximum absolute atomic E-state index is 9.76. The van der Waals surface area contributed by atoms with Crippen LogP contribution in [0.3, 0.4) is 0 Å². The average Bonchev–Trinajstić information content (AvgIpc) is 3.19. The highest BCUT2D eigenvalue weighted by molar-refractivity contribution is 5.25. The molecule has 2 unspecified atom stereocenters. The fraction of sp³-hybridized carbons (Fsp3) is 0.600. The average molecular weight is 249 g/mol. The lowest BCUT2D eigenvalue weighted by Crippen LogP contribution is -2.34. The van der Waals surface area contributed by atoms with E-state index >= 15 is 0 Å². The van der Waals surface area contributed by atoms with E-state index in [0.29, 0.717) is 24.3 Å². The predicted octanol–water partition coefficient (Wildman–Crippen LogP) is 2.07. The first-order valence-electron chi connectivity index (χ1n) is 6.84. The minimum atomic E-state index is -0.166. The van der Waals surface area contributed by atoms with Crippen molar-refractivity contribution in [3.63, 3.8) is 0 Å². The lowest BCUT2D eigenvalue weighted by molar-refractivity contribution is 0.145. The highest BCUT2D eigenvalue weighted by atomic mass is 16.3. The maximum Gasteiger partial charge on any atom is 0.115 e. The Kier molecular flexibility index (Phi) is 4.61. The number of aryl methyl sites for hydroxylation is 1. The number of benzene rings is 1. The van der Waals surface area contributed by atoms with Gasteiger partial charge in [-0.2, -0.15) is 0 Å². The van der Waals surface area contributed by atoms with Gasteiger partial charge in [-0.25, -0.2) is 0 Å². The van der Waals surface area contributed by atoms with E-state index in [-0.39, 0.29) is 6.10 Å². The van der Waals surface area contributed by atoms with Crippen molar-refractivity contribution in [1.29, 1.82) is 0 Å². The van der Waals surface area contributed by atoms with Gasteiger partial charge in [-0.3, -0.25) is 0 Å². The van der Waals surface area contributed by atoms with E-state index < -0.39 is 0 Å². The molecule has 0 aromatic heterocycles. The number of nitrogens with one attached hydrogen (secondary N) is 1. The molecule has 1 aromatic carbocycles. The summed E-state index contributed by atoms with van der Waals surface area (Å²) in [5.41, 5.74) is 1.24. The standard InChI is InChI=1S/C15H23NO2/c1-11(16-10-15(18)13-6-7-13)2-3-12-4-8-14(17)9-5-12/h4-5,8-9,11,13,15-18H,2-3,6-7,10H2,1H3. The summed E-state index contributed by atoms with van der Waals surface area (Å²) in [7, 11) is 0. The third-order valence-corrected chi connectivity index (χ3v) is 3.64. The fourth-order valence-corrected chi connectivity index (χ4v) is 2.12. The minimum absolute atomic E-state index is 0.166. The molecule has 1 fully saturated rings. The Morgan fingerprint density at radius 3 is 2.56 bits per heavy atom. The van der Waals surface area contributed by atoms with Crippen molar-refractivity contribution < 1.29 is 10.2 Å². The van der Waals surface area contributed by atoms with Crippen molar-refractivity contribution in [1.82, 2.24) is 5.32 Å². The monoisotopic (exact) mass is 249 g/mol. The number of rotatable bonds is 7. The number of aliphatic hydroxyl groups excluding tert-OH is 1. The first kappa shape index (κ1) is 13.4. The van der Waals surface area contributed by atoms with Crippen LogP contribution in [-0.4, -0.2) is 28.9 Å². The number of aliphatic hydroxyl groups is 1. The summed E-state index contributed by atoms with van der Waals surface area (Å²) in [5, 5.41) is 22.3.